The van der Waals surface area contributed by atoms with Crippen molar-refractivity contribution in [3.8, 4) is 0 Å². The minimum Gasteiger partial charge on any atom is -0.480 e. The van der Waals surface area contributed by atoms with Crippen LogP contribution in [0.4, 0.5) is 4.79 Å². The molecule has 2 amide bonds. The summed E-state index contributed by atoms with van der Waals surface area (Å²) in [5.74, 6) is -1.09. The first-order valence-corrected chi connectivity index (χ1v) is 6.58. The Labute approximate surface area is 115 Å². The summed E-state index contributed by atoms with van der Waals surface area (Å²) >= 11 is 1.49. The number of amides is 2. The summed E-state index contributed by atoms with van der Waals surface area (Å²) in [6.07, 6.45) is 0.217. The van der Waals surface area contributed by atoms with E-state index in [1.54, 1.807) is 0 Å². The van der Waals surface area contributed by atoms with Gasteiger partial charge in [-0.05, 0) is 6.92 Å². The number of carboxylic acids is 1. The lowest BCUT2D eigenvalue weighted by Crippen LogP contribution is -2.46. The summed E-state index contributed by atoms with van der Waals surface area (Å²) in [5, 5.41) is 16.6. The second-order valence-corrected chi connectivity index (χ2v) is 4.92. The Bertz CT molecular complexity index is 435. The van der Waals surface area contributed by atoms with Gasteiger partial charge in [0, 0.05) is 25.5 Å². The number of methoxy groups -OCH3 is 1. The highest BCUT2D eigenvalue weighted by Crippen LogP contribution is 2.07. The summed E-state index contributed by atoms with van der Waals surface area (Å²) in [6.45, 7) is 2.41. The smallest absolute Gasteiger partial charge is 0.326 e. The molecule has 19 heavy (non-hydrogen) atoms. The molecule has 0 aliphatic rings. The van der Waals surface area contributed by atoms with E-state index in [-0.39, 0.29) is 19.6 Å². The van der Waals surface area contributed by atoms with Crippen LogP contribution in [0.15, 0.2) is 5.38 Å². The van der Waals surface area contributed by atoms with Crippen molar-refractivity contribution in [2.75, 3.05) is 13.7 Å². The maximum atomic E-state index is 11.6. The Morgan fingerprint density at radius 3 is 2.84 bits per heavy atom. The molecule has 1 rings (SSSR count). The number of carboxylic acid groups (broad SMARTS) is 1. The lowest BCUT2D eigenvalue weighted by Gasteiger charge is -2.14. The average Bonchev–Trinajstić information content (AvgIpc) is 2.77. The minimum absolute atomic E-state index is 0.217. The third-order valence-electron chi connectivity index (χ3n) is 2.31. The Morgan fingerprint density at radius 2 is 2.32 bits per heavy atom. The van der Waals surface area contributed by atoms with E-state index >= 15 is 0 Å². The first-order valence-electron chi connectivity index (χ1n) is 5.70. The standard InChI is InChI=1S/C11H17N3O4S/c1-7-13-8(6-19-7)5-12-11(17)14-9(10(15)16)3-4-18-2/h6,9H,3-5H2,1-2H3,(H,15,16)(H2,12,14,17). The van der Waals surface area contributed by atoms with Crippen LogP contribution in [0.1, 0.15) is 17.1 Å². The molecule has 0 radical (unpaired) electrons. The molecule has 1 unspecified atom stereocenters. The molecule has 1 heterocycles. The van der Waals surface area contributed by atoms with Crippen molar-refractivity contribution in [1.82, 2.24) is 15.6 Å². The van der Waals surface area contributed by atoms with Crippen molar-refractivity contribution < 1.29 is 19.4 Å². The van der Waals surface area contributed by atoms with Crippen LogP contribution >= 0.6 is 11.3 Å². The van der Waals surface area contributed by atoms with Crippen molar-refractivity contribution in [3.05, 3.63) is 16.1 Å². The lowest BCUT2D eigenvalue weighted by atomic mass is 10.2. The molecule has 1 aromatic rings. The van der Waals surface area contributed by atoms with Gasteiger partial charge in [-0.25, -0.2) is 14.6 Å². The van der Waals surface area contributed by atoms with Crippen molar-refractivity contribution >= 4 is 23.3 Å². The van der Waals surface area contributed by atoms with Gasteiger partial charge in [0.15, 0.2) is 0 Å². The number of thiazole rings is 1. The molecule has 3 N–H and O–H groups in total. The number of carbonyl (C=O) groups excluding carboxylic acids is 1. The number of carbonyl (C=O) groups is 2. The number of aromatic nitrogens is 1. The molecule has 0 bridgehead atoms. The normalized spacial score (nSPS) is 11.9. The van der Waals surface area contributed by atoms with Gasteiger partial charge in [0.1, 0.15) is 6.04 Å². The van der Waals surface area contributed by atoms with E-state index in [0.29, 0.717) is 0 Å². The maximum absolute atomic E-state index is 11.6. The Hall–Kier alpha value is -1.67. The second-order valence-electron chi connectivity index (χ2n) is 3.86. The molecular formula is C11H17N3O4S. The molecule has 1 aromatic heterocycles. The predicted octanol–water partition coefficient (Wildman–Crippen LogP) is 0.740. The monoisotopic (exact) mass is 287 g/mol. The van der Waals surface area contributed by atoms with E-state index in [1.807, 2.05) is 12.3 Å². The summed E-state index contributed by atoms with van der Waals surface area (Å²) in [5.41, 5.74) is 0.751. The number of hydrogen-bond acceptors (Lipinski definition) is 5. The Balaban J connectivity index is 2.37. The molecule has 106 valence electrons. The first-order chi connectivity index (χ1) is 9.02. The summed E-state index contributed by atoms with van der Waals surface area (Å²) < 4.78 is 4.79. The molecule has 0 aromatic carbocycles. The number of aryl methyl sites for hydroxylation is 1. The summed E-state index contributed by atoms with van der Waals surface area (Å²) in [7, 11) is 1.48. The summed E-state index contributed by atoms with van der Waals surface area (Å²) in [6, 6.07) is -1.49. The van der Waals surface area contributed by atoms with Gasteiger partial charge >= 0.3 is 12.0 Å². The third kappa shape index (κ3) is 5.66. The number of hydrogen-bond donors (Lipinski definition) is 3. The fourth-order valence-corrected chi connectivity index (χ4v) is 1.98. The fourth-order valence-electron chi connectivity index (χ4n) is 1.36. The molecule has 0 aliphatic heterocycles. The molecular weight excluding hydrogens is 270 g/mol. The van der Waals surface area contributed by atoms with Crippen LogP contribution in [0.25, 0.3) is 0 Å². The van der Waals surface area contributed by atoms with Gasteiger partial charge in [0.25, 0.3) is 0 Å². The van der Waals surface area contributed by atoms with E-state index in [4.69, 9.17) is 9.84 Å². The van der Waals surface area contributed by atoms with Crippen LogP contribution in [0.2, 0.25) is 0 Å². The number of nitrogens with one attached hydrogen (secondary N) is 2. The van der Waals surface area contributed by atoms with Gasteiger partial charge in [-0.2, -0.15) is 0 Å². The largest absolute Gasteiger partial charge is 0.480 e. The molecule has 0 spiro atoms. The number of nitrogens with zero attached hydrogens (tertiary/aromatic N) is 1. The molecule has 0 saturated heterocycles. The van der Waals surface area contributed by atoms with E-state index in [2.05, 4.69) is 15.6 Å². The highest BCUT2D eigenvalue weighted by Gasteiger charge is 2.19. The van der Waals surface area contributed by atoms with Crippen molar-refractivity contribution in [2.45, 2.75) is 25.9 Å². The second kappa shape index (κ2) is 7.70. The Morgan fingerprint density at radius 1 is 1.58 bits per heavy atom. The van der Waals surface area contributed by atoms with E-state index in [0.717, 1.165) is 10.7 Å². The number of aliphatic carboxylic acids is 1. The summed E-state index contributed by atoms with van der Waals surface area (Å²) in [4.78, 5) is 26.6. The van der Waals surface area contributed by atoms with Crippen LogP contribution in [0.5, 0.6) is 0 Å². The first kappa shape index (κ1) is 15.4. The van der Waals surface area contributed by atoms with Crippen molar-refractivity contribution in [1.29, 1.82) is 0 Å². The number of ether oxygens (including phenoxy) is 1. The Kier molecular flexibility index (Phi) is 6.23. The zero-order valence-corrected chi connectivity index (χ0v) is 11.6. The van der Waals surface area contributed by atoms with Gasteiger partial charge in [-0.1, -0.05) is 0 Å². The van der Waals surface area contributed by atoms with Gasteiger partial charge in [0.05, 0.1) is 17.2 Å². The third-order valence-corrected chi connectivity index (χ3v) is 3.13. The van der Waals surface area contributed by atoms with Crippen LogP contribution in [0, 0.1) is 6.92 Å². The number of urea groups is 1. The molecule has 7 nitrogen and oxygen atoms in total. The molecule has 1 atom stereocenters. The number of rotatable bonds is 7. The van der Waals surface area contributed by atoms with Crippen LogP contribution in [0.3, 0.4) is 0 Å². The lowest BCUT2D eigenvalue weighted by molar-refractivity contribution is -0.139. The van der Waals surface area contributed by atoms with Crippen LogP contribution in [-0.4, -0.2) is 41.8 Å². The quantitative estimate of drug-likeness (QED) is 0.686. The minimum atomic E-state index is -1.09. The van der Waals surface area contributed by atoms with E-state index in [9.17, 15) is 9.59 Å². The van der Waals surface area contributed by atoms with Crippen molar-refractivity contribution in [2.24, 2.45) is 0 Å². The highest BCUT2D eigenvalue weighted by molar-refractivity contribution is 7.09. The van der Waals surface area contributed by atoms with Gasteiger partial charge in [-0.15, -0.1) is 11.3 Å². The van der Waals surface area contributed by atoms with Gasteiger partial charge in [0.2, 0.25) is 0 Å². The highest BCUT2D eigenvalue weighted by atomic mass is 32.1. The van der Waals surface area contributed by atoms with Crippen LogP contribution < -0.4 is 10.6 Å². The predicted molar refractivity (Wildman–Crippen MR) is 70.1 cm³/mol. The molecule has 8 heteroatoms. The molecule has 0 saturated carbocycles. The van der Waals surface area contributed by atoms with E-state index in [1.165, 1.54) is 18.4 Å². The van der Waals surface area contributed by atoms with Gasteiger partial charge in [-0.3, -0.25) is 0 Å². The maximum Gasteiger partial charge on any atom is 0.326 e. The SMILES string of the molecule is COCCC(NC(=O)NCc1csc(C)n1)C(=O)O. The zero-order chi connectivity index (χ0) is 14.3. The van der Waals surface area contributed by atoms with Crippen LogP contribution in [-0.2, 0) is 16.1 Å². The average molecular weight is 287 g/mol. The van der Waals surface area contributed by atoms with Crippen molar-refractivity contribution in [3.63, 3.8) is 0 Å². The van der Waals surface area contributed by atoms with E-state index < -0.39 is 18.0 Å². The molecule has 0 aliphatic carbocycles. The fraction of sp³-hybridized carbons (Fsp3) is 0.545. The van der Waals surface area contributed by atoms with Gasteiger partial charge < -0.3 is 20.5 Å². The zero-order valence-electron chi connectivity index (χ0n) is 10.8. The topological polar surface area (TPSA) is 101 Å². The molecule has 0 fully saturated rings.